The molecule has 0 radical (unpaired) electrons. The van der Waals surface area contributed by atoms with E-state index in [0.717, 1.165) is 17.5 Å². The maximum absolute atomic E-state index is 13.9. The third kappa shape index (κ3) is 3.58. The summed E-state index contributed by atoms with van der Waals surface area (Å²) in [5.74, 6) is -0.112. The van der Waals surface area contributed by atoms with Gasteiger partial charge < -0.3 is 10.5 Å². The van der Waals surface area contributed by atoms with Crippen LogP contribution in [-0.2, 0) is 13.0 Å². The van der Waals surface area contributed by atoms with E-state index in [4.69, 9.17) is 10.5 Å². The fourth-order valence-electron chi connectivity index (χ4n) is 1.95. The molecule has 0 saturated carbocycles. The number of hydrogen-bond donors (Lipinski definition) is 1. The summed E-state index contributed by atoms with van der Waals surface area (Å²) < 4.78 is 19.4. The Kier molecular flexibility index (Phi) is 4.74. The topological polar surface area (TPSA) is 35.2 Å². The molecule has 0 aliphatic rings. The minimum absolute atomic E-state index is 0.180. The van der Waals surface area contributed by atoms with Crippen molar-refractivity contribution < 1.29 is 9.13 Å². The molecule has 0 amide bonds. The van der Waals surface area contributed by atoms with Crippen molar-refractivity contribution in [3.8, 4) is 5.75 Å². The fourth-order valence-corrected chi connectivity index (χ4v) is 1.95. The Morgan fingerprint density at radius 1 is 1.10 bits per heavy atom. The lowest BCUT2D eigenvalue weighted by atomic mass is 10.1. The summed E-state index contributed by atoms with van der Waals surface area (Å²) in [6.07, 6.45) is 1.01. The van der Waals surface area contributed by atoms with E-state index in [2.05, 4.69) is 19.1 Å². The zero-order chi connectivity index (χ0) is 14.5. The Morgan fingerprint density at radius 2 is 1.75 bits per heavy atom. The first-order valence-electron chi connectivity index (χ1n) is 6.85. The average Bonchev–Trinajstić information content (AvgIpc) is 2.46. The van der Waals surface area contributed by atoms with Crippen molar-refractivity contribution in [3.63, 3.8) is 0 Å². The molecule has 3 heteroatoms. The molecule has 2 nitrogen and oxygen atoms in total. The summed E-state index contributed by atoms with van der Waals surface area (Å²) in [4.78, 5) is 0. The van der Waals surface area contributed by atoms with Gasteiger partial charge in [0.2, 0.25) is 0 Å². The summed E-state index contributed by atoms with van der Waals surface area (Å²) >= 11 is 0. The van der Waals surface area contributed by atoms with Crippen molar-refractivity contribution in [3.05, 3.63) is 65.0 Å². The zero-order valence-electron chi connectivity index (χ0n) is 11.9. The maximum atomic E-state index is 13.9. The predicted octanol–water partition coefficient (Wildman–Crippen LogP) is 3.99. The quantitative estimate of drug-likeness (QED) is 0.894. The molecule has 2 N–H and O–H groups in total. The molecule has 0 heterocycles. The van der Waals surface area contributed by atoms with E-state index in [-0.39, 0.29) is 17.6 Å². The minimum atomic E-state index is -0.370. The SMILES string of the molecule is CCc1ccc(COc2ccc([C@H](C)N)cc2F)cc1. The number of rotatable bonds is 5. The average molecular weight is 273 g/mol. The Labute approximate surface area is 119 Å². The molecule has 0 spiro atoms. The van der Waals surface area contributed by atoms with Crippen LogP contribution in [0.25, 0.3) is 0 Å². The van der Waals surface area contributed by atoms with E-state index in [0.29, 0.717) is 6.61 Å². The van der Waals surface area contributed by atoms with E-state index < -0.39 is 0 Å². The Balaban J connectivity index is 2.03. The van der Waals surface area contributed by atoms with E-state index in [1.807, 2.05) is 19.1 Å². The van der Waals surface area contributed by atoms with Crippen LogP contribution in [-0.4, -0.2) is 0 Å². The highest BCUT2D eigenvalue weighted by Crippen LogP contribution is 2.22. The number of benzene rings is 2. The summed E-state index contributed by atoms with van der Waals surface area (Å²) in [7, 11) is 0. The summed E-state index contributed by atoms with van der Waals surface area (Å²) in [6.45, 7) is 4.30. The van der Waals surface area contributed by atoms with Crippen LogP contribution in [0, 0.1) is 5.82 Å². The van der Waals surface area contributed by atoms with Gasteiger partial charge in [-0.05, 0) is 42.2 Å². The van der Waals surface area contributed by atoms with Gasteiger partial charge in [-0.3, -0.25) is 0 Å². The molecule has 2 rings (SSSR count). The van der Waals surface area contributed by atoms with Gasteiger partial charge in [0.25, 0.3) is 0 Å². The van der Waals surface area contributed by atoms with Crippen LogP contribution in [0.4, 0.5) is 4.39 Å². The summed E-state index contributed by atoms with van der Waals surface area (Å²) in [5, 5.41) is 0. The molecule has 20 heavy (non-hydrogen) atoms. The lowest BCUT2D eigenvalue weighted by Gasteiger charge is -2.10. The van der Waals surface area contributed by atoms with E-state index >= 15 is 0 Å². The molecule has 2 aromatic carbocycles. The van der Waals surface area contributed by atoms with Gasteiger partial charge in [0.15, 0.2) is 11.6 Å². The van der Waals surface area contributed by atoms with Gasteiger partial charge in [0, 0.05) is 6.04 Å². The highest BCUT2D eigenvalue weighted by atomic mass is 19.1. The molecule has 0 aromatic heterocycles. The van der Waals surface area contributed by atoms with Gasteiger partial charge in [0.1, 0.15) is 6.61 Å². The molecule has 0 aliphatic heterocycles. The number of ether oxygens (including phenoxy) is 1. The first-order chi connectivity index (χ1) is 9.60. The van der Waals surface area contributed by atoms with Crippen molar-refractivity contribution >= 4 is 0 Å². The van der Waals surface area contributed by atoms with Crippen molar-refractivity contribution in [1.82, 2.24) is 0 Å². The standard InChI is InChI=1S/C17H20FNO/c1-3-13-4-6-14(7-5-13)11-20-17-9-8-15(12(2)19)10-16(17)18/h4-10,12H,3,11,19H2,1-2H3/t12-/m0/s1. The molecule has 0 aliphatic carbocycles. The third-order valence-corrected chi connectivity index (χ3v) is 3.31. The summed E-state index contributed by atoms with van der Waals surface area (Å²) in [6, 6.07) is 12.8. The van der Waals surface area contributed by atoms with E-state index in [1.165, 1.54) is 11.6 Å². The first kappa shape index (κ1) is 14.5. The van der Waals surface area contributed by atoms with Crippen LogP contribution >= 0.6 is 0 Å². The normalized spacial score (nSPS) is 12.2. The molecule has 1 atom stereocenters. The number of aryl methyl sites for hydroxylation is 1. The fraction of sp³-hybridized carbons (Fsp3) is 0.294. The van der Waals surface area contributed by atoms with Crippen LogP contribution in [0.3, 0.4) is 0 Å². The van der Waals surface area contributed by atoms with E-state index in [1.54, 1.807) is 12.1 Å². The predicted molar refractivity (Wildman–Crippen MR) is 79.2 cm³/mol. The van der Waals surface area contributed by atoms with Crippen molar-refractivity contribution in [2.45, 2.75) is 32.9 Å². The number of hydrogen-bond acceptors (Lipinski definition) is 2. The van der Waals surface area contributed by atoms with Crippen molar-refractivity contribution in [1.29, 1.82) is 0 Å². The molecule has 2 aromatic rings. The Hall–Kier alpha value is -1.87. The molecular weight excluding hydrogens is 253 g/mol. The first-order valence-corrected chi connectivity index (χ1v) is 6.85. The largest absolute Gasteiger partial charge is 0.486 e. The second-order valence-electron chi connectivity index (χ2n) is 4.94. The molecular formula is C17H20FNO. The van der Waals surface area contributed by atoms with Gasteiger partial charge in [-0.15, -0.1) is 0 Å². The van der Waals surface area contributed by atoms with Crippen LogP contribution in [0.5, 0.6) is 5.75 Å². The zero-order valence-corrected chi connectivity index (χ0v) is 11.9. The smallest absolute Gasteiger partial charge is 0.165 e. The number of halogens is 1. The minimum Gasteiger partial charge on any atom is -0.486 e. The second kappa shape index (κ2) is 6.53. The Bertz CT molecular complexity index is 564. The van der Waals surface area contributed by atoms with Crippen LogP contribution in [0.2, 0.25) is 0 Å². The lowest BCUT2D eigenvalue weighted by Crippen LogP contribution is -2.06. The van der Waals surface area contributed by atoms with E-state index in [9.17, 15) is 4.39 Å². The van der Waals surface area contributed by atoms with Crippen molar-refractivity contribution in [2.75, 3.05) is 0 Å². The molecule has 0 unspecified atom stereocenters. The monoisotopic (exact) mass is 273 g/mol. The van der Waals surface area contributed by atoms with Gasteiger partial charge in [0.05, 0.1) is 0 Å². The molecule has 0 saturated heterocycles. The third-order valence-electron chi connectivity index (χ3n) is 3.31. The van der Waals surface area contributed by atoms with Gasteiger partial charge >= 0.3 is 0 Å². The lowest BCUT2D eigenvalue weighted by molar-refractivity contribution is 0.290. The molecule has 0 bridgehead atoms. The van der Waals surface area contributed by atoms with Gasteiger partial charge in [-0.25, -0.2) is 4.39 Å². The van der Waals surface area contributed by atoms with Crippen LogP contribution in [0.15, 0.2) is 42.5 Å². The highest BCUT2D eigenvalue weighted by Gasteiger charge is 2.07. The van der Waals surface area contributed by atoms with Crippen molar-refractivity contribution in [2.24, 2.45) is 5.73 Å². The maximum Gasteiger partial charge on any atom is 0.165 e. The number of nitrogens with two attached hydrogens (primary N) is 1. The van der Waals surface area contributed by atoms with Crippen LogP contribution in [0.1, 0.15) is 36.6 Å². The second-order valence-corrected chi connectivity index (χ2v) is 4.94. The summed E-state index contributed by atoms with van der Waals surface area (Å²) in [5.41, 5.74) is 8.79. The van der Waals surface area contributed by atoms with Gasteiger partial charge in [-0.2, -0.15) is 0 Å². The molecule has 0 fully saturated rings. The van der Waals surface area contributed by atoms with Crippen LogP contribution < -0.4 is 10.5 Å². The van der Waals surface area contributed by atoms with Gasteiger partial charge in [-0.1, -0.05) is 37.3 Å². The molecule has 106 valence electrons. The Morgan fingerprint density at radius 3 is 2.30 bits per heavy atom. The highest BCUT2D eigenvalue weighted by molar-refractivity contribution is 5.31.